The van der Waals surface area contributed by atoms with Crippen molar-refractivity contribution in [3.8, 4) is 11.3 Å². The molecule has 4 rings (SSSR count). The highest BCUT2D eigenvalue weighted by Gasteiger charge is 2.19. The lowest BCUT2D eigenvalue weighted by molar-refractivity contribution is 0.417. The largest absolute Gasteiger partial charge is 0.371 e. The molecule has 0 atom stereocenters. The van der Waals surface area contributed by atoms with Crippen LogP contribution < -0.4 is 10.2 Å². The lowest BCUT2D eigenvalue weighted by Crippen LogP contribution is -2.43. The SMILES string of the molecule is c1cc(-c2ccc(N3CCC(NCCc4nccs4)CC3)cc2)[nH]n1. The van der Waals surface area contributed by atoms with Crippen LogP contribution in [0, 0.1) is 0 Å². The number of benzene rings is 1. The quantitative estimate of drug-likeness (QED) is 0.714. The van der Waals surface area contributed by atoms with Crippen LogP contribution in [0.2, 0.25) is 0 Å². The van der Waals surface area contributed by atoms with Crippen molar-refractivity contribution in [1.29, 1.82) is 0 Å². The van der Waals surface area contributed by atoms with Crippen LogP contribution in [0.4, 0.5) is 5.69 Å². The minimum atomic E-state index is 0.625. The Labute approximate surface area is 152 Å². The molecule has 6 heteroatoms. The number of rotatable bonds is 6. The van der Waals surface area contributed by atoms with Crippen LogP contribution in [0.3, 0.4) is 0 Å². The van der Waals surface area contributed by atoms with Gasteiger partial charge in [-0.25, -0.2) is 4.98 Å². The second kappa shape index (κ2) is 7.80. The first-order valence-corrected chi connectivity index (χ1v) is 9.73. The Morgan fingerprint density at radius 3 is 2.64 bits per heavy atom. The minimum absolute atomic E-state index is 0.625. The van der Waals surface area contributed by atoms with Crippen LogP contribution >= 0.6 is 11.3 Å². The Kier molecular flexibility index (Phi) is 5.09. The van der Waals surface area contributed by atoms with Gasteiger partial charge in [0.2, 0.25) is 0 Å². The van der Waals surface area contributed by atoms with Crippen LogP contribution in [-0.4, -0.2) is 40.9 Å². The molecule has 25 heavy (non-hydrogen) atoms. The summed E-state index contributed by atoms with van der Waals surface area (Å²) in [5, 5.41) is 14.0. The van der Waals surface area contributed by atoms with Gasteiger partial charge in [0.1, 0.15) is 0 Å². The average Bonchev–Trinajstić information content (AvgIpc) is 3.37. The molecule has 0 aliphatic carbocycles. The molecule has 3 aromatic rings. The first-order valence-electron chi connectivity index (χ1n) is 8.85. The number of thiazole rings is 1. The van der Waals surface area contributed by atoms with Gasteiger partial charge in [0, 0.05) is 55.6 Å². The van der Waals surface area contributed by atoms with Crippen molar-refractivity contribution in [3.63, 3.8) is 0 Å². The number of nitrogens with one attached hydrogen (secondary N) is 2. The van der Waals surface area contributed by atoms with Crippen LogP contribution in [0.5, 0.6) is 0 Å². The van der Waals surface area contributed by atoms with E-state index >= 15 is 0 Å². The third kappa shape index (κ3) is 4.08. The van der Waals surface area contributed by atoms with E-state index in [0.717, 1.165) is 31.7 Å². The van der Waals surface area contributed by atoms with E-state index in [1.807, 2.05) is 17.6 Å². The average molecular weight is 353 g/mol. The van der Waals surface area contributed by atoms with Gasteiger partial charge >= 0.3 is 0 Å². The van der Waals surface area contributed by atoms with E-state index in [0.29, 0.717) is 6.04 Å². The standard InChI is InChI=1S/C19H23N5S/c1-3-17(4-2-15(1)18-5-10-22-23-18)24-12-7-16(8-13-24)20-9-6-19-21-11-14-25-19/h1-5,10-11,14,16,20H,6-9,12-13H2,(H,22,23). The maximum atomic E-state index is 4.34. The fourth-order valence-corrected chi connectivity index (χ4v) is 3.99. The van der Waals surface area contributed by atoms with Crippen LogP contribution in [0.1, 0.15) is 17.8 Å². The van der Waals surface area contributed by atoms with Crippen LogP contribution in [0.15, 0.2) is 48.1 Å². The molecule has 1 aliphatic rings. The molecule has 0 spiro atoms. The normalized spacial score (nSPS) is 15.6. The number of hydrogen-bond acceptors (Lipinski definition) is 5. The van der Waals surface area contributed by atoms with Crippen molar-refractivity contribution in [2.24, 2.45) is 0 Å². The Morgan fingerprint density at radius 2 is 1.96 bits per heavy atom. The number of anilines is 1. The van der Waals surface area contributed by atoms with Crippen molar-refractivity contribution in [2.45, 2.75) is 25.3 Å². The lowest BCUT2D eigenvalue weighted by Gasteiger charge is -2.34. The van der Waals surface area contributed by atoms with Gasteiger partial charge in [0.25, 0.3) is 0 Å². The van der Waals surface area contributed by atoms with E-state index < -0.39 is 0 Å². The Bertz CT molecular complexity index is 744. The summed E-state index contributed by atoms with van der Waals surface area (Å²) in [5.74, 6) is 0. The van der Waals surface area contributed by atoms with E-state index in [9.17, 15) is 0 Å². The molecule has 2 N–H and O–H groups in total. The Morgan fingerprint density at radius 1 is 1.12 bits per heavy atom. The third-order valence-corrected chi connectivity index (χ3v) is 5.63. The van der Waals surface area contributed by atoms with E-state index in [1.54, 1.807) is 17.5 Å². The lowest BCUT2D eigenvalue weighted by atomic mass is 10.0. The molecule has 0 bridgehead atoms. The van der Waals surface area contributed by atoms with E-state index in [4.69, 9.17) is 0 Å². The van der Waals surface area contributed by atoms with Crippen LogP contribution in [0.25, 0.3) is 11.3 Å². The van der Waals surface area contributed by atoms with Crippen molar-refractivity contribution >= 4 is 17.0 Å². The van der Waals surface area contributed by atoms with Gasteiger partial charge in [0.05, 0.1) is 10.7 Å². The fraction of sp³-hybridized carbons (Fsp3) is 0.368. The highest BCUT2D eigenvalue weighted by atomic mass is 32.1. The summed E-state index contributed by atoms with van der Waals surface area (Å²) in [7, 11) is 0. The van der Waals surface area contributed by atoms with Gasteiger partial charge < -0.3 is 10.2 Å². The molecular weight excluding hydrogens is 330 g/mol. The Balaban J connectivity index is 1.25. The molecule has 0 amide bonds. The maximum absolute atomic E-state index is 4.34. The number of H-pyrrole nitrogens is 1. The predicted octanol–water partition coefficient (Wildman–Crippen LogP) is 3.33. The molecule has 2 aromatic heterocycles. The fourth-order valence-electron chi connectivity index (χ4n) is 3.37. The summed E-state index contributed by atoms with van der Waals surface area (Å²) in [5.41, 5.74) is 3.55. The molecule has 5 nitrogen and oxygen atoms in total. The number of piperidine rings is 1. The molecular formula is C19H23N5S. The zero-order chi connectivity index (χ0) is 16.9. The number of aromatic nitrogens is 3. The molecule has 0 unspecified atom stereocenters. The van der Waals surface area contributed by atoms with Crippen molar-refractivity contribution < 1.29 is 0 Å². The topological polar surface area (TPSA) is 56.8 Å². The summed E-state index contributed by atoms with van der Waals surface area (Å²) in [4.78, 5) is 6.82. The molecule has 0 radical (unpaired) electrons. The Hall–Kier alpha value is -2.18. The van der Waals surface area contributed by atoms with Gasteiger partial charge in [-0.05, 0) is 36.6 Å². The predicted molar refractivity (Wildman–Crippen MR) is 103 cm³/mol. The number of aromatic amines is 1. The molecule has 1 aromatic carbocycles. The molecule has 0 saturated carbocycles. The zero-order valence-electron chi connectivity index (χ0n) is 14.2. The first kappa shape index (κ1) is 16.3. The summed E-state index contributed by atoms with van der Waals surface area (Å²) in [6.45, 7) is 3.24. The maximum Gasteiger partial charge on any atom is 0.0937 e. The van der Waals surface area contributed by atoms with Gasteiger partial charge in [-0.2, -0.15) is 5.10 Å². The van der Waals surface area contributed by atoms with Crippen molar-refractivity contribution in [1.82, 2.24) is 20.5 Å². The summed E-state index contributed by atoms with van der Waals surface area (Å²) in [6, 6.07) is 11.4. The van der Waals surface area contributed by atoms with E-state index in [-0.39, 0.29) is 0 Å². The first-order chi connectivity index (χ1) is 12.4. The molecule has 130 valence electrons. The molecule has 3 heterocycles. The van der Waals surface area contributed by atoms with E-state index in [1.165, 1.54) is 29.1 Å². The van der Waals surface area contributed by atoms with Crippen molar-refractivity contribution in [2.75, 3.05) is 24.5 Å². The highest BCUT2D eigenvalue weighted by molar-refractivity contribution is 7.09. The van der Waals surface area contributed by atoms with Crippen LogP contribution in [-0.2, 0) is 6.42 Å². The van der Waals surface area contributed by atoms with Gasteiger partial charge in [-0.3, -0.25) is 5.10 Å². The van der Waals surface area contributed by atoms with Crippen molar-refractivity contribution in [3.05, 3.63) is 53.1 Å². The third-order valence-electron chi connectivity index (χ3n) is 4.79. The zero-order valence-corrected chi connectivity index (χ0v) is 15.0. The molecule has 1 fully saturated rings. The number of hydrogen-bond donors (Lipinski definition) is 2. The second-order valence-corrected chi connectivity index (χ2v) is 7.39. The van der Waals surface area contributed by atoms with Gasteiger partial charge in [-0.1, -0.05) is 12.1 Å². The summed E-state index contributed by atoms with van der Waals surface area (Å²) >= 11 is 1.74. The smallest absolute Gasteiger partial charge is 0.0937 e. The van der Waals surface area contributed by atoms with E-state index in [2.05, 4.69) is 49.7 Å². The number of nitrogens with zero attached hydrogens (tertiary/aromatic N) is 3. The molecule has 1 aliphatic heterocycles. The monoisotopic (exact) mass is 353 g/mol. The summed E-state index contributed by atoms with van der Waals surface area (Å²) < 4.78 is 0. The summed E-state index contributed by atoms with van der Waals surface area (Å²) in [6.07, 6.45) is 7.10. The minimum Gasteiger partial charge on any atom is -0.371 e. The second-order valence-electron chi connectivity index (χ2n) is 6.41. The molecule has 1 saturated heterocycles. The van der Waals surface area contributed by atoms with Gasteiger partial charge in [-0.15, -0.1) is 11.3 Å². The van der Waals surface area contributed by atoms with Gasteiger partial charge in [0.15, 0.2) is 0 Å². The highest BCUT2D eigenvalue weighted by Crippen LogP contribution is 2.24.